The standard InChI is InChI=1S/C21H27N3OS/c25-20-7-10-21(16-24(20)12-8-18-5-2-1-3-6-18)9-4-11-23(15-21)13-19-14-26-17-22-19/h1-3,5-6,14,17H,4,7-13,15-16H2/t21-/m1/s1. The van der Waals surface area contributed by atoms with Gasteiger partial charge in [-0.25, -0.2) is 4.98 Å². The van der Waals surface area contributed by atoms with Crippen LogP contribution in [0.1, 0.15) is 36.9 Å². The van der Waals surface area contributed by atoms with Gasteiger partial charge >= 0.3 is 0 Å². The molecule has 0 unspecified atom stereocenters. The van der Waals surface area contributed by atoms with Crippen LogP contribution in [0.4, 0.5) is 0 Å². The Morgan fingerprint density at radius 1 is 1.15 bits per heavy atom. The molecular weight excluding hydrogens is 342 g/mol. The predicted molar refractivity (Wildman–Crippen MR) is 105 cm³/mol. The third-order valence-electron chi connectivity index (χ3n) is 5.87. The molecule has 2 aliphatic heterocycles. The first kappa shape index (κ1) is 17.7. The number of aromatic nitrogens is 1. The van der Waals surface area contributed by atoms with Gasteiger partial charge in [0.05, 0.1) is 11.2 Å². The Morgan fingerprint density at radius 3 is 2.85 bits per heavy atom. The molecule has 4 rings (SSSR count). The predicted octanol–water partition coefficient (Wildman–Crippen LogP) is 3.59. The average Bonchev–Trinajstić information content (AvgIpc) is 3.17. The van der Waals surface area contributed by atoms with Gasteiger partial charge in [-0.3, -0.25) is 9.69 Å². The van der Waals surface area contributed by atoms with Crippen molar-refractivity contribution in [3.63, 3.8) is 0 Å². The van der Waals surface area contributed by atoms with Crippen LogP contribution in [0, 0.1) is 5.41 Å². The Kier molecular flexibility index (Phi) is 5.36. The van der Waals surface area contributed by atoms with Crippen molar-refractivity contribution < 1.29 is 4.79 Å². The quantitative estimate of drug-likeness (QED) is 0.808. The summed E-state index contributed by atoms with van der Waals surface area (Å²) in [7, 11) is 0. The number of hydrogen-bond donors (Lipinski definition) is 0. The van der Waals surface area contributed by atoms with E-state index in [-0.39, 0.29) is 5.41 Å². The van der Waals surface area contributed by atoms with E-state index < -0.39 is 0 Å². The number of nitrogens with zero attached hydrogens (tertiary/aromatic N) is 3. The van der Waals surface area contributed by atoms with E-state index >= 15 is 0 Å². The van der Waals surface area contributed by atoms with Crippen LogP contribution in [0.3, 0.4) is 0 Å². The number of amides is 1. The maximum Gasteiger partial charge on any atom is 0.222 e. The van der Waals surface area contributed by atoms with E-state index in [1.165, 1.54) is 24.1 Å². The van der Waals surface area contributed by atoms with E-state index in [1.807, 2.05) is 11.6 Å². The molecule has 2 aliphatic rings. The topological polar surface area (TPSA) is 36.4 Å². The summed E-state index contributed by atoms with van der Waals surface area (Å²) in [5.74, 6) is 0.336. The van der Waals surface area contributed by atoms with Gasteiger partial charge in [0, 0.05) is 43.4 Å². The van der Waals surface area contributed by atoms with Gasteiger partial charge in [0.15, 0.2) is 0 Å². The minimum atomic E-state index is 0.277. The zero-order valence-electron chi connectivity index (χ0n) is 15.3. The molecular formula is C21H27N3OS. The molecule has 0 bridgehead atoms. The smallest absolute Gasteiger partial charge is 0.222 e. The third kappa shape index (κ3) is 4.15. The van der Waals surface area contributed by atoms with E-state index in [4.69, 9.17) is 0 Å². The number of carbonyl (C=O) groups is 1. The van der Waals surface area contributed by atoms with Crippen LogP contribution in [-0.2, 0) is 17.8 Å². The molecule has 5 heteroatoms. The van der Waals surface area contributed by atoms with Crippen LogP contribution in [0.2, 0.25) is 0 Å². The summed E-state index contributed by atoms with van der Waals surface area (Å²) in [6.45, 7) is 4.96. The second-order valence-corrected chi connectivity index (χ2v) is 8.56. The minimum absolute atomic E-state index is 0.277. The molecule has 2 aromatic rings. The first-order valence-corrected chi connectivity index (χ1v) is 10.6. The Balaban J connectivity index is 1.38. The zero-order valence-corrected chi connectivity index (χ0v) is 16.1. The molecule has 0 saturated carbocycles. The van der Waals surface area contributed by atoms with E-state index in [0.29, 0.717) is 12.3 Å². The fraction of sp³-hybridized carbons (Fsp3) is 0.524. The number of likely N-dealkylation sites (tertiary alicyclic amines) is 2. The lowest BCUT2D eigenvalue weighted by molar-refractivity contribution is -0.139. The molecule has 0 radical (unpaired) electrons. The highest BCUT2D eigenvalue weighted by atomic mass is 32.1. The van der Waals surface area contributed by atoms with Crippen molar-refractivity contribution in [2.45, 2.75) is 38.6 Å². The minimum Gasteiger partial charge on any atom is -0.342 e. The fourth-order valence-electron chi connectivity index (χ4n) is 4.54. The SMILES string of the molecule is O=C1CC[C@@]2(CCCN(Cc3cscn3)C2)CN1CCc1ccccc1. The number of carbonyl (C=O) groups excluding carboxylic acids is 1. The first-order chi connectivity index (χ1) is 12.7. The molecule has 26 heavy (non-hydrogen) atoms. The van der Waals surface area contributed by atoms with Crippen molar-refractivity contribution in [1.82, 2.24) is 14.8 Å². The summed E-state index contributed by atoms with van der Waals surface area (Å²) in [6.07, 6.45) is 5.17. The summed E-state index contributed by atoms with van der Waals surface area (Å²) in [5, 5.41) is 2.15. The molecule has 138 valence electrons. The monoisotopic (exact) mass is 369 g/mol. The van der Waals surface area contributed by atoms with Crippen LogP contribution < -0.4 is 0 Å². The number of hydrogen-bond acceptors (Lipinski definition) is 4. The van der Waals surface area contributed by atoms with Gasteiger partial charge in [0.25, 0.3) is 0 Å². The number of rotatable bonds is 5. The molecule has 1 spiro atoms. The first-order valence-electron chi connectivity index (χ1n) is 9.64. The zero-order chi connectivity index (χ0) is 17.8. The molecule has 4 nitrogen and oxygen atoms in total. The van der Waals surface area contributed by atoms with Gasteiger partial charge in [-0.2, -0.15) is 0 Å². The van der Waals surface area contributed by atoms with E-state index in [1.54, 1.807) is 11.3 Å². The van der Waals surface area contributed by atoms with Crippen LogP contribution >= 0.6 is 11.3 Å². The van der Waals surface area contributed by atoms with Gasteiger partial charge in [-0.1, -0.05) is 30.3 Å². The molecule has 0 aliphatic carbocycles. The van der Waals surface area contributed by atoms with Gasteiger partial charge in [-0.05, 0) is 37.8 Å². The Morgan fingerprint density at radius 2 is 2.04 bits per heavy atom. The number of thiazole rings is 1. The van der Waals surface area contributed by atoms with Crippen molar-refractivity contribution in [3.8, 4) is 0 Å². The van der Waals surface area contributed by atoms with Crippen LogP contribution in [0.5, 0.6) is 0 Å². The fourth-order valence-corrected chi connectivity index (χ4v) is 5.09. The van der Waals surface area contributed by atoms with Gasteiger partial charge < -0.3 is 4.90 Å². The summed E-state index contributed by atoms with van der Waals surface area (Å²) >= 11 is 1.67. The highest BCUT2D eigenvalue weighted by Gasteiger charge is 2.41. The molecule has 0 N–H and O–H groups in total. The molecule has 1 aromatic carbocycles. The van der Waals surface area contributed by atoms with Gasteiger partial charge in [0.2, 0.25) is 5.91 Å². The van der Waals surface area contributed by atoms with Crippen molar-refractivity contribution in [2.75, 3.05) is 26.2 Å². The van der Waals surface area contributed by atoms with Crippen molar-refractivity contribution in [2.24, 2.45) is 5.41 Å². The summed E-state index contributed by atoms with van der Waals surface area (Å²) in [6, 6.07) is 10.5. The molecule has 2 saturated heterocycles. The Hall–Kier alpha value is -1.72. The van der Waals surface area contributed by atoms with Crippen molar-refractivity contribution >= 4 is 17.2 Å². The lowest BCUT2D eigenvalue weighted by atomic mass is 9.73. The summed E-state index contributed by atoms with van der Waals surface area (Å²) < 4.78 is 0. The second kappa shape index (κ2) is 7.89. The number of benzene rings is 1. The maximum atomic E-state index is 12.5. The second-order valence-electron chi connectivity index (χ2n) is 7.84. The van der Waals surface area contributed by atoms with Gasteiger partial charge in [-0.15, -0.1) is 11.3 Å². The van der Waals surface area contributed by atoms with E-state index in [2.05, 4.69) is 44.4 Å². The largest absolute Gasteiger partial charge is 0.342 e. The maximum absolute atomic E-state index is 12.5. The Labute approximate surface area is 159 Å². The van der Waals surface area contributed by atoms with Crippen LogP contribution in [0.25, 0.3) is 0 Å². The average molecular weight is 370 g/mol. The van der Waals surface area contributed by atoms with Gasteiger partial charge in [0.1, 0.15) is 0 Å². The highest BCUT2D eigenvalue weighted by Crippen LogP contribution is 2.39. The lowest BCUT2D eigenvalue weighted by Crippen LogP contribution is -2.54. The highest BCUT2D eigenvalue weighted by molar-refractivity contribution is 7.07. The molecule has 3 heterocycles. The van der Waals surface area contributed by atoms with Crippen LogP contribution in [0.15, 0.2) is 41.2 Å². The van der Waals surface area contributed by atoms with E-state index in [0.717, 1.165) is 45.6 Å². The Bertz CT molecular complexity index is 718. The molecule has 1 amide bonds. The number of piperidine rings is 2. The van der Waals surface area contributed by atoms with Crippen molar-refractivity contribution in [3.05, 3.63) is 52.5 Å². The van der Waals surface area contributed by atoms with Crippen molar-refractivity contribution in [1.29, 1.82) is 0 Å². The molecule has 1 aromatic heterocycles. The van der Waals surface area contributed by atoms with E-state index in [9.17, 15) is 4.79 Å². The third-order valence-corrected chi connectivity index (χ3v) is 6.51. The molecule has 2 fully saturated rings. The summed E-state index contributed by atoms with van der Waals surface area (Å²) in [5.41, 5.74) is 4.69. The summed E-state index contributed by atoms with van der Waals surface area (Å²) in [4.78, 5) is 21.6. The lowest BCUT2D eigenvalue weighted by Gasteiger charge is -2.48. The van der Waals surface area contributed by atoms with Crippen LogP contribution in [-0.4, -0.2) is 46.9 Å². The normalized spacial score (nSPS) is 24.3. The molecule has 1 atom stereocenters.